The van der Waals surface area contributed by atoms with Crippen molar-refractivity contribution in [2.45, 2.75) is 19.8 Å². The summed E-state index contributed by atoms with van der Waals surface area (Å²) in [6, 6.07) is 9.05. The number of ether oxygens (including phenoxy) is 2. The molecule has 184 valence electrons. The second-order valence-corrected chi connectivity index (χ2v) is 10.9. The molecule has 1 aliphatic heterocycles. The Hall–Kier alpha value is -2.08. The van der Waals surface area contributed by atoms with E-state index in [0.29, 0.717) is 57.7 Å². The fourth-order valence-corrected chi connectivity index (χ4v) is 5.42. The third-order valence-corrected chi connectivity index (χ3v) is 7.07. The van der Waals surface area contributed by atoms with E-state index in [4.69, 9.17) is 9.47 Å². The van der Waals surface area contributed by atoms with Crippen LogP contribution in [0.25, 0.3) is 10.9 Å². The predicted molar refractivity (Wildman–Crippen MR) is 146 cm³/mol. The SMILES string of the molecule is CC(C)c1nc2ccc(Br)cc2c(=O)n1N=Cc1cc(Br)c(OCC(=O)N2CCOCC2)c(Br)c1. The van der Waals surface area contributed by atoms with Crippen LogP contribution in [0.2, 0.25) is 0 Å². The van der Waals surface area contributed by atoms with Gasteiger partial charge in [0, 0.05) is 23.5 Å². The van der Waals surface area contributed by atoms with Crippen LogP contribution in [-0.4, -0.2) is 59.6 Å². The van der Waals surface area contributed by atoms with E-state index in [1.165, 1.54) is 4.68 Å². The number of carbonyl (C=O) groups excluding carboxylic acids is 1. The van der Waals surface area contributed by atoms with E-state index in [1.807, 2.05) is 38.1 Å². The maximum absolute atomic E-state index is 13.2. The molecule has 0 N–H and O–H groups in total. The van der Waals surface area contributed by atoms with Gasteiger partial charge in [0.2, 0.25) is 0 Å². The number of fused-ring (bicyclic) bond motifs is 1. The minimum Gasteiger partial charge on any atom is -0.481 e. The Morgan fingerprint density at radius 3 is 2.51 bits per heavy atom. The third kappa shape index (κ3) is 6.02. The summed E-state index contributed by atoms with van der Waals surface area (Å²) in [6.07, 6.45) is 1.59. The molecule has 35 heavy (non-hydrogen) atoms. The summed E-state index contributed by atoms with van der Waals surface area (Å²) in [5.41, 5.74) is 1.12. The second-order valence-electron chi connectivity index (χ2n) is 8.24. The molecule has 0 spiro atoms. The van der Waals surface area contributed by atoms with Gasteiger partial charge in [-0.1, -0.05) is 29.8 Å². The third-order valence-electron chi connectivity index (χ3n) is 5.40. The van der Waals surface area contributed by atoms with Crippen molar-refractivity contribution in [3.05, 3.63) is 65.5 Å². The van der Waals surface area contributed by atoms with Gasteiger partial charge in [-0.15, -0.1) is 0 Å². The molecule has 0 atom stereocenters. The van der Waals surface area contributed by atoms with Crippen molar-refractivity contribution in [2.75, 3.05) is 32.9 Å². The number of morpholine rings is 1. The minimum atomic E-state index is -0.240. The van der Waals surface area contributed by atoms with Gasteiger partial charge in [-0.2, -0.15) is 9.78 Å². The summed E-state index contributed by atoms with van der Waals surface area (Å²) < 4.78 is 14.5. The zero-order valence-corrected chi connectivity index (χ0v) is 23.9. The molecule has 4 rings (SSSR count). The Balaban J connectivity index is 1.59. The summed E-state index contributed by atoms with van der Waals surface area (Å²) in [5.74, 6) is 0.988. The van der Waals surface area contributed by atoms with Gasteiger partial charge in [0.25, 0.3) is 11.5 Å². The summed E-state index contributed by atoms with van der Waals surface area (Å²) in [5, 5.41) is 4.95. The van der Waals surface area contributed by atoms with E-state index < -0.39 is 0 Å². The zero-order valence-electron chi connectivity index (χ0n) is 19.1. The largest absolute Gasteiger partial charge is 0.481 e. The van der Waals surface area contributed by atoms with Crippen molar-refractivity contribution in [1.29, 1.82) is 0 Å². The van der Waals surface area contributed by atoms with Gasteiger partial charge in [-0.3, -0.25) is 9.59 Å². The van der Waals surface area contributed by atoms with Crippen molar-refractivity contribution in [3.8, 4) is 5.75 Å². The Kier molecular flexibility index (Phi) is 8.41. The zero-order chi connectivity index (χ0) is 25.1. The maximum atomic E-state index is 13.2. The Labute approximate surface area is 227 Å². The number of benzene rings is 2. The summed E-state index contributed by atoms with van der Waals surface area (Å²) in [7, 11) is 0. The Morgan fingerprint density at radius 2 is 1.86 bits per heavy atom. The molecule has 3 aromatic rings. The first-order valence-corrected chi connectivity index (χ1v) is 13.4. The molecule has 1 fully saturated rings. The van der Waals surface area contributed by atoms with E-state index in [-0.39, 0.29) is 24.0 Å². The fraction of sp³-hybridized carbons (Fsp3) is 0.333. The highest BCUT2D eigenvalue weighted by atomic mass is 79.9. The minimum absolute atomic E-state index is 0.00820. The molecule has 8 nitrogen and oxygen atoms in total. The predicted octanol–water partition coefficient (Wildman–Crippen LogP) is 4.93. The van der Waals surface area contributed by atoms with Crippen LogP contribution in [-0.2, 0) is 9.53 Å². The van der Waals surface area contributed by atoms with Gasteiger partial charge in [0.1, 0.15) is 11.6 Å². The van der Waals surface area contributed by atoms with Crippen molar-refractivity contribution in [3.63, 3.8) is 0 Å². The molecule has 0 unspecified atom stereocenters. The highest BCUT2D eigenvalue weighted by molar-refractivity contribution is 9.11. The van der Waals surface area contributed by atoms with E-state index >= 15 is 0 Å². The lowest BCUT2D eigenvalue weighted by atomic mass is 10.2. The van der Waals surface area contributed by atoms with Gasteiger partial charge in [0.05, 0.1) is 39.3 Å². The molecule has 1 saturated heterocycles. The van der Waals surface area contributed by atoms with Crippen molar-refractivity contribution >= 4 is 70.8 Å². The molecule has 0 saturated carbocycles. The number of halogens is 3. The van der Waals surface area contributed by atoms with Crippen LogP contribution in [0.15, 0.2) is 53.6 Å². The van der Waals surface area contributed by atoms with E-state index in [1.54, 1.807) is 17.2 Å². The van der Waals surface area contributed by atoms with Gasteiger partial charge in [-0.05, 0) is 67.8 Å². The number of aromatic nitrogens is 2. The van der Waals surface area contributed by atoms with E-state index in [0.717, 1.165) is 10.0 Å². The van der Waals surface area contributed by atoms with Crippen molar-refractivity contribution < 1.29 is 14.3 Å². The number of amides is 1. The molecular weight excluding hydrogens is 648 g/mol. The summed E-state index contributed by atoms with van der Waals surface area (Å²) in [6.45, 7) is 6.08. The fourth-order valence-electron chi connectivity index (χ4n) is 3.61. The molecule has 1 amide bonds. The number of hydrogen-bond acceptors (Lipinski definition) is 6. The summed E-state index contributed by atoms with van der Waals surface area (Å²) >= 11 is 10.4. The second kappa shape index (κ2) is 11.3. The first kappa shape index (κ1) is 26.0. The molecule has 11 heteroatoms. The van der Waals surface area contributed by atoms with Crippen LogP contribution in [0.1, 0.15) is 31.2 Å². The lowest BCUT2D eigenvalue weighted by molar-refractivity contribution is -0.137. The van der Waals surface area contributed by atoms with Crippen LogP contribution >= 0.6 is 47.8 Å². The first-order chi connectivity index (χ1) is 16.7. The highest BCUT2D eigenvalue weighted by Crippen LogP contribution is 2.34. The molecule has 0 bridgehead atoms. The normalized spacial score (nSPS) is 14.3. The van der Waals surface area contributed by atoms with Crippen LogP contribution in [0.4, 0.5) is 0 Å². The van der Waals surface area contributed by atoms with E-state index in [2.05, 4.69) is 57.9 Å². The summed E-state index contributed by atoms with van der Waals surface area (Å²) in [4.78, 5) is 32.0. The lowest BCUT2D eigenvalue weighted by Crippen LogP contribution is -2.43. The lowest BCUT2D eigenvalue weighted by Gasteiger charge is -2.26. The van der Waals surface area contributed by atoms with Crippen LogP contribution < -0.4 is 10.3 Å². The van der Waals surface area contributed by atoms with Crippen LogP contribution in [0.3, 0.4) is 0 Å². The monoisotopic (exact) mass is 668 g/mol. The molecule has 0 radical (unpaired) electrons. The topological polar surface area (TPSA) is 86.0 Å². The van der Waals surface area contributed by atoms with Gasteiger partial charge in [-0.25, -0.2) is 4.98 Å². The average molecular weight is 671 g/mol. The number of hydrogen-bond donors (Lipinski definition) is 0. The van der Waals surface area contributed by atoms with Crippen molar-refractivity contribution in [1.82, 2.24) is 14.6 Å². The molecule has 2 heterocycles. The average Bonchev–Trinajstić information content (AvgIpc) is 2.83. The Morgan fingerprint density at radius 1 is 1.17 bits per heavy atom. The first-order valence-electron chi connectivity index (χ1n) is 11.0. The molecule has 1 aliphatic rings. The standard InChI is InChI=1S/C24H23Br3N4O4/c1-14(2)23-29-20-4-3-16(25)11-17(20)24(33)31(23)28-12-15-9-18(26)22(19(27)10-15)35-13-21(32)30-5-7-34-8-6-30/h3-4,9-12,14H,5-8,13H2,1-2H3. The van der Waals surface area contributed by atoms with Crippen LogP contribution in [0.5, 0.6) is 5.75 Å². The van der Waals surface area contributed by atoms with Crippen LogP contribution in [0, 0.1) is 0 Å². The Bertz CT molecular complexity index is 1330. The molecule has 1 aromatic heterocycles. The highest BCUT2D eigenvalue weighted by Gasteiger charge is 2.19. The molecular formula is C24H23Br3N4O4. The number of carbonyl (C=O) groups is 1. The molecule has 2 aromatic carbocycles. The van der Waals surface area contributed by atoms with Crippen molar-refractivity contribution in [2.24, 2.45) is 5.10 Å². The number of rotatable bonds is 6. The molecule has 0 aliphatic carbocycles. The van der Waals surface area contributed by atoms with Gasteiger partial charge >= 0.3 is 0 Å². The quantitative estimate of drug-likeness (QED) is 0.348. The van der Waals surface area contributed by atoms with Gasteiger partial charge < -0.3 is 14.4 Å². The van der Waals surface area contributed by atoms with E-state index in [9.17, 15) is 9.59 Å². The smallest absolute Gasteiger partial charge is 0.282 e. The van der Waals surface area contributed by atoms with Gasteiger partial charge in [0.15, 0.2) is 6.61 Å². The number of nitrogens with zero attached hydrogens (tertiary/aromatic N) is 4. The maximum Gasteiger partial charge on any atom is 0.282 e.